The lowest BCUT2D eigenvalue weighted by Gasteiger charge is -2.18. The molecule has 0 aliphatic carbocycles. The predicted octanol–water partition coefficient (Wildman–Crippen LogP) is 3.05. The van der Waals surface area contributed by atoms with Crippen molar-refractivity contribution < 1.29 is 14.0 Å². The number of hydrogen-bond donors (Lipinski definition) is 1. The number of nitrogens with two attached hydrogens (primary N) is 1. The first-order valence-corrected chi connectivity index (χ1v) is 9.04. The standard InChI is InChI=1S/C20H16FN3O2S/c1-12-3-2-4-13(9-12)10-17-19(26)24(15-7-5-14(21)6-8-15)20(27-17)16(11-22)18(23)25/h2-9,17H,10H2,1H3,(H2,23,25)/b20-16-. The highest BCUT2D eigenvalue weighted by molar-refractivity contribution is 8.05. The normalized spacial score (nSPS) is 18.3. The quantitative estimate of drug-likeness (QED) is 0.651. The third kappa shape index (κ3) is 3.86. The maximum atomic E-state index is 13.3. The molecule has 0 radical (unpaired) electrons. The van der Waals surface area contributed by atoms with Crippen molar-refractivity contribution in [2.45, 2.75) is 18.6 Å². The molecule has 1 unspecified atom stereocenters. The lowest BCUT2D eigenvalue weighted by Crippen LogP contribution is -2.31. The van der Waals surface area contributed by atoms with E-state index in [0.717, 1.165) is 22.9 Å². The number of nitriles is 1. The largest absolute Gasteiger partial charge is 0.365 e. The molecule has 2 aromatic rings. The molecule has 7 heteroatoms. The van der Waals surface area contributed by atoms with Crippen LogP contribution in [0.25, 0.3) is 0 Å². The van der Waals surface area contributed by atoms with Crippen LogP contribution in [0.1, 0.15) is 11.1 Å². The second kappa shape index (κ2) is 7.64. The Labute approximate surface area is 160 Å². The molecular formula is C20H16FN3O2S. The minimum atomic E-state index is -0.906. The van der Waals surface area contributed by atoms with E-state index in [2.05, 4.69) is 0 Å². The summed E-state index contributed by atoms with van der Waals surface area (Å²) >= 11 is 1.13. The van der Waals surface area contributed by atoms with Crippen LogP contribution in [0.3, 0.4) is 0 Å². The number of anilines is 1. The van der Waals surface area contributed by atoms with Crippen LogP contribution in [0.5, 0.6) is 0 Å². The van der Waals surface area contributed by atoms with E-state index in [9.17, 15) is 19.2 Å². The second-order valence-electron chi connectivity index (χ2n) is 6.11. The number of benzene rings is 2. The van der Waals surface area contributed by atoms with Gasteiger partial charge < -0.3 is 5.73 Å². The molecular weight excluding hydrogens is 365 g/mol. The molecule has 3 rings (SSSR count). The fourth-order valence-corrected chi connectivity index (χ4v) is 4.19. The van der Waals surface area contributed by atoms with Gasteiger partial charge in [0.2, 0.25) is 5.91 Å². The summed E-state index contributed by atoms with van der Waals surface area (Å²) in [5.41, 5.74) is 7.46. The number of carbonyl (C=O) groups excluding carboxylic acids is 2. The zero-order valence-electron chi connectivity index (χ0n) is 14.5. The number of carbonyl (C=O) groups is 2. The molecule has 1 atom stereocenters. The predicted molar refractivity (Wildman–Crippen MR) is 102 cm³/mol. The molecule has 1 heterocycles. The Bertz CT molecular complexity index is 979. The van der Waals surface area contributed by atoms with Gasteiger partial charge in [-0.05, 0) is 43.2 Å². The Balaban J connectivity index is 2.03. The zero-order valence-corrected chi connectivity index (χ0v) is 15.3. The number of hydrogen-bond acceptors (Lipinski definition) is 4. The number of aryl methyl sites for hydroxylation is 1. The first kappa shape index (κ1) is 18.7. The molecule has 27 heavy (non-hydrogen) atoms. The number of rotatable bonds is 4. The fourth-order valence-electron chi connectivity index (χ4n) is 2.88. The molecule has 1 aliphatic rings. The molecule has 1 fully saturated rings. The SMILES string of the molecule is Cc1cccc(CC2S/C(=C(/C#N)C(N)=O)N(c3ccc(F)cc3)C2=O)c1. The van der Waals surface area contributed by atoms with E-state index >= 15 is 0 Å². The number of primary amides is 1. The molecule has 1 saturated heterocycles. The number of amides is 2. The highest BCUT2D eigenvalue weighted by Gasteiger charge is 2.40. The maximum Gasteiger partial charge on any atom is 0.262 e. The van der Waals surface area contributed by atoms with Crippen molar-refractivity contribution in [1.82, 2.24) is 0 Å². The molecule has 2 N–H and O–H groups in total. The van der Waals surface area contributed by atoms with Gasteiger partial charge in [-0.1, -0.05) is 41.6 Å². The first-order valence-electron chi connectivity index (χ1n) is 8.16. The van der Waals surface area contributed by atoms with Gasteiger partial charge in [0.05, 0.1) is 5.25 Å². The fraction of sp³-hybridized carbons (Fsp3) is 0.150. The van der Waals surface area contributed by atoms with Crippen molar-refractivity contribution >= 4 is 29.3 Å². The van der Waals surface area contributed by atoms with Crippen LogP contribution in [0.15, 0.2) is 59.1 Å². The van der Waals surface area contributed by atoms with Crippen LogP contribution < -0.4 is 10.6 Å². The van der Waals surface area contributed by atoms with Crippen molar-refractivity contribution in [2.24, 2.45) is 5.73 Å². The van der Waals surface area contributed by atoms with Crippen molar-refractivity contribution in [1.29, 1.82) is 5.26 Å². The number of nitrogens with zero attached hydrogens (tertiary/aromatic N) is 2. The number of halogens is 1. The number of thioether (sulfide) groups is 1. The third-order valence-corrected chi connectivity index (χ3v) is 5.38. The minimum Gasteiger partial charge on any atom is -0.365 e. The van der Waals surface area contributed by atoms with Gasteiger partial charge >= 0.3 is 0 Å². The lowest BCUT2D eigenvalue weighted by molar-refractivity contribution is -0.117. The van der Waals surface area contributed by atoms with Crippen molar-refractivity contribution in [3.63, 3.8) is 0 Å². The van der Waals surface area contributed by atoms with E-state index in [1.165, 1.54) is 29.2 Å². The summed E-state index contributed by atoms with van der Waals surface area (Å²) in [6.07, 6.45) is 0.434. The molecule has 0 saturated carbocycles. The topological polar surface area (TPSA) is 87.2 Å². The lowest BCUT2D eigenvalue weighted by atomic mass is 10.1. The summed E-state index contributed by atoms with van der Waals surface area (Å²) in [4.78, 5) is 26.0. The smallest absolute Gasteiger partial charge is 0.262 e. The van der Waals surface area contributed by atoms with Gasteiger partial charge in [0.25, 0.3) is 5.91 Å². The van der Waals surface area contributed by atoms with Crippen LogP contribution in [0.2, 0.25) is 0 Å². The van der Waals surface area contributed by atoms with Crippen molar-refractivity contribution in [2.75, 3.05) is 4.90 Å². The van der Waals surface area contributed by atoms with E-state index in [-0.39, 0.29) is 16.5 Å². The highest BCUT2D eigenvalue weighted by Crippen LogP contribution is 2.41. The summed E-state index contributed by atoms with van der Waals surface area (Å²) in [5, 5.41) is 9.01. The van der Waals surface area contributed by atoms with Gasteiger partial charge in [-0.2, -0.15) is 5.26 Å². The Morgan fingerprint density at radius 3 is 2.59 bits per heavy atom. The zero-order chi connectivity index (χ0) is 19.6. The van der Waals surface area contributed by atoms with Gasteiger partial charge in [-0.3, -0.25) is 14.5 Å². The summed E-state index contributed by atoms with van der Waals surface area (Å²) in [7, 11) is 0. The second-order valence-corrected chi connectivity index (χ2v) is 7.30. The first-order chi connectivity index (χ1) is 12.9. The van der Waals surface area contributed by atoms with E-state index in [1.807, 2.05) is 31.2 Å². The Morgan fingerprint density at radius 1 is 1.30 bits per heavy atom. The highest BCUT2D eigenvalue weighted by atomic mass is 32.2. The summed E-state index contributed by atoms with van der Waals surface area (Å²) in [6, 6.07) is 14.9. The average molecular weight is 381 g/mol. The van der Waals surface area contributed by atoms with Crippen molar-refractivity contribution in [3.05, 3.63) is 76.1 Å². The van der Waals surface area contributed by atoms with Gasteiger partial charge in [-0.25, -0.2) is 4.39 Å². The summed E-state index contributed by atoms with van der Waals surface area (Å²) < 4.78 is 13.3. The van der Waals surface area contributed by atoms with Gasteiger partial charge in [0.1, 0.15) is 22.5 Å². The van der Waals surface area contributed by atoms with Gasteiger partial charge in [0, 0.05) is 5.69 Å². The van der Waals surface area contributed by atoms with Crippen LogP contribution in [0.4, 0.5) is 10.1 Å². The Hall–Kier alpha value is -3.11. The average Bonchev–Trinajstić information content (AvgIpc) is 2.92. The molecule has 136 valence electrons. The Morgan fingerprint density at radius 2 is 2.00 bits per heavy atom. The monoisotopic (exact) mass is 381 g/mol. The molecule has 1 aliphatic heterocycles. The van der Waals surface area contributed by atoms with Crippen LogP contribution in [-0.2, 0) is 16.0 Å². The molecule has 0 spiro atoms. The Kier molecular flexibility index (Phi) is 5.28. The maximum absolute atomic E-state index is 13.3. The minimum absolute atomic E-state index is 0.180. The molecule has 0 aromatic heterocycles. The van der Waals surface area contributed by atoms with Crippen molar-refractivity contribution in [3.8, 4) is 6.07 Å². The van der Waals surface area contributed by atoms with E-state index in [0.29, 0.717) is 12.1 Å². The molecule has 5 nitrogen and oxygen atoms in total. The van der Waals surface area contributed by atoms with E-state index in [4.69, 9.17) is 5.73 Å². The molecule has 2 aromatic carbocycles. The van der Waals surface area contributed by atoms with Gasteiger partial charge in [0.15, 0.2) is 0 Å². The van der Waals surface area contributed by atoms with Crippen LogP contribution in [0, 0.1) is 24.1 Å². The van der Waals surface area contributed by atoms with E-state index in [1.54, 1.807) is 6.07 Å². The van der Waals surface area contributed by atoms with Crippen LogP contribution >= 0.6 is 11.8 Å². The molecule has 2 amide bonds. The summed E-state index contributed by atoms with van der Waals surface area (Å²) in [6.45, 7) is 1.96. The van der Waals surface area contributed by atoms with E-state index < -0.39 is 17.0 Å². The van der Waals surface area contributed by atoms with Gasteiger partial charge in [-0.15, -0.1) is 0 Å². The molecule has 0 bridgehead atoms. The van der Waals surface area contributed by atoms with Crippen LogP contribution in [-0.4, -0.2) is 17.1 Å². The third-order valence-electron chi connectivity index (χ3n) is 4.11. The summed E-state index contributed by atoms with van der Waals surface area (Å²) in [5.74, 6) is -1.64.